The Morgan fingerprint density at radius 1 is 1.45 bits per heavy atom. The van der Waals surface area contributed by atoms with Crippen molar-refractivity contribution in [3.8, 4) is 0 Å². The molecule has 0 aliphatic carbocycles. The van der Waals surface area contributed by atoms with E-state index in [1.165, 1.54) is 0 Å². The molecule has 0 aromatic carbocycles. The summed E-state index contributed by atoms with van der Waals surface area (Å²) in [6.07, 6.45) is -5.22. The fourth-order valence-electron chi connectivity index (χ4n) is 1.04. The third-order valence-corrected chi connectivity index (χ3v) is 1.89. The van der Waals surface area contributed by atoms with Gasteiger partial charge in [0.05, 0.1) is 12.1 Å². The van der Waals surface area contributed by atoms with Gasteiger partial charge in [-0.2, -0.15) is 0 Å². The van der Waals surface area contributed by atoms with Crippen LogP contribution >= 0.6 is 0 Å². The summed E-state index contributed by atoms with van der Waals surface area (Å²) in [5.41, 5.74) is 5.35. The number of hydrogen-bond donors (Lipinski definition) is 3. The molecule has 1 fully saturated rings. The number of aliphatic hydroxyl groups excluding tert-OH is 2. The Morgan fingerprint density at radius 2 is 2.00 bits per heavy atom. The van der Waals surface area contributed by atoms with E-state index in [4.69, 9.17) is 15.9 Å². The van der Waals surface area contributed by atoms with Gasteiger partial charge in [0.1, 0.15) is 6.10 Å². The Labute approximate surface area is 63.8 Å². The highest BCUT2D eigenvalue weighted by atomic mass is 19.1. The molecule has 5 atom stereocenters. The average molecular weight is 165 g/mol. The Morgan fingerprint density at radius 3 is 2.55 bits per heavy atom. The molecule has 0 aromatic heterocycles. The van der Waals surface area contributed by atoms with E-state index in [9.17, 15) is 4.39 Å². The van der Waals surface area contributed by atoms with Crippen LogP contribution in [-0.4, -0.2) is 40.9 Å². The molecule has 0 radical (unpaired) electrons. The molecule has 0 saturated carbocycles. The lowest BCUT2D eigenvalue weighted by molar-refractivity contribution is -0.230. The monoisotopic (exact) mass is 165 g/mol. The summed E-state index contributed by atoms with van der Waals surface area (Å²) < 4.78 is 17.4. The first-order chi connectivity index (χ1) is 5.04. The van der Waals surface area contributed by atoms with Crippen LogP contribution in [0.3, 0.4) is 0 Å². The van der Waals surface area contributed by atoms with E-state index in [-0.39, 0.29) is 0 Å². The number of aliphatic hydroxyl groups is 2. The van der Waals surface area contributed by atoms with Crippen LogP contribution in [0.25, 0.3) is 0 Å². The maximum absolute atomic E-state index is 12.7. The van der Waals surface area contributed by atoms with Gasteiger partial charge in [0.15, 0.2) is 12.5 Å². The molecule has 11 heavy (non-hydrogen) atoms. The molecule has 0 spiro atoms. The Hall–Kier alpha value is -0.230. The Balaban J connectivity index is 2.63. The van der Waals surface area contributed by atoms with Crippen molar-refractivity contribution in [3.63, 3.8) is 0 Å². The second-order valence-corrected chi connectivity index (χ2v) is 2.74. The van der Waals surface area contributed by atoms with E-state index in [0.717, 1.165) is 0 Å². The van der Waals surface area contributed by atoms with Crippen molar-refractivity contribution in [2.75, 3.05) is 0 Å². The number of rotatable bonds is 0. The van der Waals surface area contributed by atoms with Gasteiger partial charge >= 0.3 is 0 Å². The minimum Gasteiger partial charge on any atom is -0.388 e. The topological polar surface area (TPSA) is 75.7 Å². The highest BCUT2D eigenvalue weighted by Crippen LogP contribution is 2.20. The first-order valence-electron chi connectivity index (χ1n) is 3.45. The number of hydrogen-bond acceptors (Lipinski definition) is 4. The third kappa shape index (κ3) is 1.51. The normalized spacial score (nSPS) is 52.6. The summed E-state index contributed by atoms with van der Waals surface area (Å²) >= 11 is 0. The van der Waals surface area contributed by atoms with Crippen LogP contribution < -0.4 is 5.73 Å². The van der Waals surface area contributed by atoms with Crippen molar-refractivity contribution in [3.05, 3.63) is 0 Å². The molecule has 0 bridgehead atoms. The van der Waals surface area contributed by atoms with Crippen LogP contribution in [0.5, 0.6) is 0 Å². The lowest BCUT2D eigenvalue weighted by atomic mass is 9.99. The molecule has 1 heterocycles. The van der Waals surface area contributed by atoms with Gasteiger partial charge in [-0.25, -0.2) is 4.39 Å². The van der Waals surface area contributed by atoms with Gasteiger partial charge in [0, 0.05) is 0 Å². The van der Waals surface area contributed by atoms with E-state index in [0.29, 0.717) is 0 Å². The lowest BCUT2D eigenvalue weighted by Gasteiger charge is -2.36. The van der Waals surface area contributed by atoms with E-state index in [1.807, 2.05) is 0 Å². The first-order valence-corrected chi connectivity index (χ1v) is 3.45. The van der Waals surface area contributed by atoms with Crippen molar-refractivity contribution in [2.45, 2.75) is 37.6 Å². The van der Waals surface area contributed by atoms with Crippen LogP contribution in [0, 0.1) is 0 Å². The number of alkyl halides is 1. The fraction of sp³-hybridized carbons (Fsp3) is 1.00. The Kier molecular flexibility index (Phi) is 2.43. The summed E-state index contributed by atoms with van der Waals surface area (Å²) in [7, 11) is 0. The Bertz CT molecular complexity index is 132. The molecule has 1 aliphatic heterocycles. The molecule has 0 unspecified atom stereocenters. The standard InChI is InChI=1S/C6H12FNO3/c1-2-4(8)5(9)3(7)6(10)11-2/h2-6,9-10H,8H2,1H3/t2-,3+,4+,5-,6+/m0/s1. The van der Waals surface area contributed by atoms with Crippen molar-refractivity contribution < 1.29 is 19.3 Å². The highest BCUT2D eigenvalue weighted by Gasteiger charge is 2.41. The molecule has 4 N–H and O–H groups in total. The minimum absolute atomic E-state index is 0.521. The van der Waals surface area contributed by atoms with E-state index in [1.54, 1.807) is 6.92 Å². The van der Waals surface area contributed by atoms with Gasteiger partial charge in [0.2, 0.25) is 0 Å². The highest BCUT2D eigenvalue weighted by molar-refractivity contribution is 4.89. The van der Waals surface area contributed by atoms with Crippen LogP contribution in [-0.2, 0) is 4.74 Å². The lowest BCUT2D eigenvalue weighted by Crippen LogP contribution is -2.58. The molecule has 1 saturated heterocycles. The summed E-state index contributed by atoms with van der Waals surface area (Å²) in [5.74, 6) is 0. The van der Waals surface area contributed by atoms with Gasteiger partial charge in [-0.15, -0.1) is 0 Å². The number of nitrogens with two attached hydrogens (primary N) is 1. The zero-order valence-electron chi connectivity index (χ0n) is 6.14. The van der Waals surface area contributed by atoms with Crippen molar-refractivity contribution in [1.82, 2.24) is 0 Å². The second-order valence-electron chi connectivity index (χ2n) is 2.74. The zero-order valence-corrected chi connectivity index (χ0v) is 6.14. The van der Waals surface area contributed by atoms with E-state index < -0.39 is 30.7 Å². The van der Waals surface area contributed by atoms with Gasteiger partial charge < -0.3 is 20.7 Å². The summed E-state index contributed by atoms with van der Waals surface area (Å²) in [4.78, 5) is 0. The molecular weight excluding hydrogens is 153 g/mol. The first kappa shape index (κ1) is 8.86. The summed E-state index contributed by atoms with van der Waals surface area (Å²) in [6.45, 7) is 1.57. The van der Waals surface area contributed by atoms with Crippen LogP contribution in [0.15, 0.2) is 0 Å². The second kappa shape index (κ2) is 3.02. The maximum atomic E-state index is 12.7. The maximum Gasteiger partial charge on any atom is 0.189 e. The van der Waals surface area contributed by atoms with Crippen LogP contribution in [0.4, 0.5) is 4.39 Å². The fourth-order valence-corrected chi connectivity index (χ4v) is 1.04. The van der Waals surface area contributed by atoms with Gasteiger partial charge in [0.25, 0.3) is 0 Å². The van der Waals surface area contributed by atoms with Gasteiger partial charge in [-0.3, -0.25) is 0 Å². The molecule has 5 heteroatoms. The van der Waals surface area contributed by atoms with E-state index >= 15 is 0 Å². The smallest absolute Gasteiger partial charge is 0.189 e. The molecule has 4 nitrogen and oxygen atoms in total. The SMILES string of the molecule is C[C@@H]1O[C@@H](O)[C@H](F)[C@H](O)[C@@H]1N. The number of ether oxygens (including phenoxy) is 1. The zero-order chi connectivity index (χ0) is 8.59. The summed E-state index contributed by atoms with van der Waals surface area (Å²) in [5, 5.41) is 17.9. The molecular formula is C6H12FNO3. The molecule has 1 aliphatic rings. The van der Waals surface area contributed by atoms with Crippen molar-refractivity contribution in [1.29, 1.82) is 0 Å². The molecule has 66 valence electrons. The average Bonchev–Trinajstić information content (AvgIpc) is 1.97. The predicted octanol–water partition coefficient (Wildman–Crippen LogP) is -1.25. The quantitative estimate of drug-likeness (QED) is 0.419. The minimum atomic E-state index is -1.80. The largest absolute Gasteiger partial charge is 0.388 e. The van der Waals surface area contributed by atoms with Crippen LogP contribution in [0.2, 0.25) is 0 Å². The van der Waals surface area contributed by atoms with Gasteiger partial charge in [-0.05, 0) is 6.92 Å². The van der Waals surface area contributed by atoms with Crippen molar-refractivity contribution >= 4 is 0 Å². The molecule has 0 aromatic rings. The van der Waals surface area contributed by atoms with Gasteiger partial charge in [-0.1, -0.05) is 0 Å². The third-order valence-electron chi connectivity index (χ3n) is 1.89. The molecule has 1 rings (SSSR count). The predicted molar refractivity (Wildman–Crippen MR) is 35.4 cm³/mol. The van der Waals surface area contributed by atoms with Crippen molar-refractivity contribution in [2.24, 2.45) is 5.73 Å². The summed E-state index contributed by atoms with van der Waals surface area (Å²) in [6, 6.07) is -0.770. The van der Waals surface area contributed by atoms with Crippen LogP contribution in [0.1, 0.15) is 6.92 Å². The number of halogens is 1. The molecule has 0 amide bonds. The van der Waals surface area contributed by atoms with E-state index in [2.05, 4.69) is 4.74 Å².